The molecule has 0 rings (SSSR count). The molecule has 0 bridgehead atoms. The van der Waals surface area contributed by atoms with Crippen molar-refractivity contribution in [3.05, 3.63) is 0 Å². The van der Waals surface area contributed by atoms with Crippen molar-refractivity contribution in [2.24, 2.45) is 5.41 Å². The van der Waals surface area contributed by atoms with Crippen LogP contribution in [0.15, 0.2) is 0 Å². The van der Waals surface area contributed by atoms with E-state index < -0.39 is 0 Å². The van der Waals surface area contributed by atoms with Crippen LogP contribution in [0.3, 0.4) is 0 Å². The zero-order valence-corrected chi connectivity index (χ0v) is 11.6. The van der Waals surface area contributed by atoms with Gasteiger partial charge in [0, 0.05) is 5.54 Å². The molecule has 0 saturated heterocycles. The Hall–Kier alpha value is -0.730. The van der Waals surface area contributed by atoms with Crippen LogP contribution in [0.2, 0.25) is 0 Å². The van der Waals surface area contributed by atoms with Crippen molar-refractivity contribution >= 4 is 6.09 Å². The number of amides is 1. The molecule has 96 valence electrons. The van der Waals surface area contributed by atoms with E-state index >= 15 is 0 Å². The number of unbranched alkanes of at least 4 members (excludes halogenated alkanes) is 1. The number of nitrogens with one attached hydrogen (secondary N) is 1. The highest BCUT2D eigenvalue weighted by atomic mass is 16.5. The van der Waals surface area contributed by atoms with Crippen molar-refractivity contribution in [3.63, 3.8) is 0 Å². The Kier molecular flexibility index (Phi) is 5.84. The number of alkyl carbamates (subject to hydrolysis) is 1. The van der Waals surface area contributed by atoms with Gasteiger partial charge in [-0.2, -0.15) is 0 Å². The molecular formula is C13H27NO2. The van der Waals surface area contributed by atoms with Crippen molar-refractivity contribution < 1.29 is 9.53 Å². The smallest absolute Gasteiger partial charge is 0.407 e. The molecule has 0 radical (unpaired) electrons. The predicted molar refractivity (Wildman–Crippen MR) is 67.5 cm³/mol. The molecule has 0 unspecified atom stereocenters. The molecule has 0 fully saturated rings. The Labute approximate surface area is 99.9 Å². The number of hydrogen-bond donors (Lipinski definition) is 1. The first-order valence-electron chi connectivity index (χ1n) is 6.05. The molecule has 0 spiro atoms. The molecule has 0 aromatic heterocycles. The minimum atomic E-state index is -0.316. The third-order valence-corrected chi connectivity index (χ3v) is 2.03. The molecule has 0 aliphatic heterocycles. The summed E-state index contributed by atoms with van der Waals surface area (Å²) < 4.78 is 5.08. The van der Waals surface area contributed by atoms with Gasteiger partial charge in [-0.1, -0.05) is 20.8 Å². The monoisotopic (exact) mass is 229 g/mol. The number of carbonyl (C=O) groups excluding carboxylic acids is 1. The topological polar surface area (TPSA) is 38.3 Å². The van der Waals surface area contributed by atoms with E-state index in [0.29, 0.717) is 12.0 Å². The van der Waals surface area contributed by atoms with Crippen LogP contribution >= 0.6 is 0 Å². The maximum Gasteiger partial charge on any atom is 0.407 e. The van der Waals surface area contributed by atoms with Crippen LogP contribution in [-0.4, -0.2) is 18.2 Å². The lowest BCUT2D eigenvalue weighted by molar-refractivity contribution is 0.134. The molecule has 0 heterocycles. The number of carbonyl (C=O) groups is 1. The third kappa shape index (κ3) is 11.3. The van der Waals surface area contributed by atoms with Gasteiger partial charge in [0.2, 0.25) is 0 Å². The van der Waals surface area contributed by atoms with Gasteiger partial charge in [0.05, 0.1) is 6.61 Å². The minimum absolute atomic E-state index is 0.220. The van der Waals surface area contributed by atoms with Gasteiger partial charge in [-0.3, -0.25) is 0 Å². The molecule has 3 nitrogen and oxygen atoms in total. The summed E-state index contributed by atoms with van der Waals surface area (Å²) >= 11 is 0. The zero-order valence-electron chi connectivity index (χ0n) is 11.6. The van der Waals surface area contributed by atoms with Crippen LogP contribution in [0.4, 0.5) is 4.79 Å². The second-order valence-electron chi connectivity index (χ2n) is 6.53. The fourth-order valence-corrected chi connectivity index (χ4v) is 1.26. The molecule has 16 heavy (non-hydrogen) atoms. The van der Waals surface area contributed by atoms with Gasteiger partial charge in [-0.15, -0.1) is 0 Å². The lowest BCUT2D eigenvalue weighted by Gasteiger charge is -2.20. The number of hydrogen-bond acceptors (Lipinski definition) is 2. The molecule has 0 aliphatic carbocycles. The maximum absolute atomic E-state index is 11.3. The highest BCUT2D eigenvalue weighted by Crippen LogP contribution is 2.21. The van der Waals surface area contributed by atoms with Crippen molar-refractivity contribution in [2.75, 3.05) is 6.61 Å². The van der Waals surface area contributed by atoms with E-state index in [0.717, 1.165) is 19.3 Å². The van der Waals surface area contributed by atoms with Crippen LogP contribution < -0.4 is 5.32 Å². The summed E-state index contributed by atoms with van der Waals surface area (Å²) in [6.45, 7) is 13.0. The predicted octanol–water partition coefficient (Wildman–Crippen LogP) is 3.73. The summed E-state index contributed by atoms with van der Waals surface area (Å²) in [6, 6.07) is 0. The molecule has 1 amide bonds. The van der Waals surface area contributed by atoms with E-state index in [1.165, 1.54) is 0 Å². The van der Waals surface area contributed by atoms with Gasteiger partial charge < -0.3 is 10.1 Å². The molecule has 0 saturated carbocycles. The lowest BCUT2D eigenvalue weighted by atomic mass is 9.90. The normalized spacial score (nSPS) is 12.4. The van der Waals surface area contributed by atoms with Gasteiger partial charge in [-0.25, -0.2) is 4.79 Å². The van der Waals surface area contributed by atoms with E-state index in [2.05, 4.69) is 26.1 Å². The Bertz CT molecular complexity index is 211. The quantitative estimate of drug-likeness (QED) is 0.746. The standard InChI is InChI=1S/C13H27NO2/c1-12(2,3)9-7-8-10-16-11(15)14-13(4,5)6/h7-10H2,1-6H3,(H,14,15). The summed E-state index contributed by atoms with van der Waals surface area (Å²) in [6.07, 6.45) is 2.89. The Morgan fingerprint density at radius 2 is 1.62 bits per heavy atom. The van der Waals surface area contributed by atoms with Crippen LogP contribution in [0, 0.1) is 5.41 Å². The average Bonchev–Trinajstić information content (AvgIpc) is 1.97. The summed E-state index contributed by atoms with van der Waals surface area (Å²) in [4.78, 5) is 11.3. The second-order valence-corrected chi connectivity index (χ2v) is 6.53. The second kappa shape index (κ2) is 6.12. The summed E-state index contributed by atoms with van der Waals surface area (Å²) in [5.74, 6) is 0. The maximum atomic E-state index is 11.3. The Morgan fingerprint density at radius 3 is 2.06 bits per heavy atom. The third-order valence-electron chi connectivity index (χ3n) is 2.03. The van der Waals surface area contributed by atoms with Crippen molar-refractivity contribution in [1.29, 1.82) is 0 Å². The highest BCUT2D eigenvalue weighted by molar-refractivity contribution is 5.67. The van der Waals surface area contributed by atoms with Crippen molar-refractivity contribution in [1.82, 2.24) is 5.32 Å². The summed E-state index contributed by atoms with van der Waals surface area (Å²) in [5, 5.41) is 2.77. The van der Waals surface area contributed by atoms with Gasteiger partial charge in [0.25, 0.3) is 0 Å². The van der Waals surface area contributed by atoms with E-state index in [-0.39, 0.29) is 11.6 Å². The molecule has 0 aromatic rings. The molecule has 1 N–H and O–H groups in total. The van der Waals surface area contributed by atoms with Gasteiger partial charge in [-0.05, 0) is 45.4 Å². The Morgan fingerprint density at radius 1 is 1.06 bits per heavy atom. The molecule has 0 atom stereocenters. The molecule has 0 aromatic carbocycles. The van der Waals surface area contributed by atoms with E-state index in [1.54, 1.807) is 0 Å². The van der Waals surface area contributed by atoms with E-state index in [9.17, 15) is 4.79 Å². The first-order chi connectivity index (χ1) is 7.10. The van der Waals surface area contributed by atoms with Gasteiger partial charge in [0.15, 0.2) is 0 Å². The number of rotatable bonds is 4. The van der Waals surface area contributed by atoms with E-state index in [1.807, 2.05) is 20.8 Å². The molecule has 0 aliphatic rings. The van der Waals surface area contributed by atoms with Crippen molar-refractivity contribution in [3.8, 4) is 0 Å². The highest BCUT2D eigenvalue weighted by Gasteiger charge is 2.14. The SMILES string of the molecule is CC(C)(C)CCCCOC(=O)NC(C)(C)C. The van der Waals surface area contributed by atoms with Crippen LogP contribution in [-0.2, 0) is 4.74 Å². The van der Waals surface area contributed by atoms with Gasteiger partial charge >= 0.3 is 6.09 Å². The Balaban J connectivity index is 3.50. The molecular weight excluding hydrogens is 202 g/mol. The van der Waals surface area contributed by atoms with E-state index in [4.69, 9.17) is 4.74 Å². The minimum Gasteiger partial charge on any atom is -0.450 e. The van der Waals surface area contributed by atoms with Crippen LogP contribution in [0.1, 0.15) is 60.8 Å². The average molecular weight is 229 g/mol. The zero-order chi connectivity index (χ0) is 12.8. The fourth-order valence-electron chi connectivity index (χ4n) is 1.26. The lowest BCUT2D eigenvalue weighted by Crippen LogP contribution is -2.41. The molecule has 3 heteroatoms. The summed E-state index contributed by atoms with van der Waals surface area (Å²) in [5.41, 5.74) is 0.149. The largest absolute Gasteiger partial charge is 0.450 e. The van der Waals surface area contributed by atoms with Crippen molar-refractivity contribution in [2.45, 2.75) is 66.3 Å². The summed E-state index contributed by atoms with van der Waals surface area (Å²) in [7, 11) is 0. The van der Waals surface area contributed by atoms with Crippen LogP contribution in [0.5, 0.6) is 0 Å². The fraction of sp³-hybridized carbons (Fsp3) is 0.923. The number of ether oxygens (including phenoxy) is 1. The van der Waals surface area contributed by atoms with Gasteiger partial charge in [0.1, 0.15) is 0 Å². The first kappa shape index (κ1) is 15.3. The van der Waals surface area contributed by atoms with Crippen LogP contribution in [0.25, 0.3) is 0 Å². The first-order valence-corrected chi connectivity index (χ1v) is 6.05.